The molecule has 2 fully saturated rings. The first kappa shape index (κ1) is 11.9. The van der Waals surface area contributed by atoms with Gasteiger partial charge in [0, 0.05) is 12.8 Å². The zero-order chi connectivity index (χ0) is 11.8. The van der Waals surface area contributed by atoms with Gasteiger partial charge in [0.1, 0.15) is 0 Å². The molecule has 1 spiro atoms. The second kappa shape index (κ2) is 4.47. The van der Waals surface area contributed by atoms with Gasteiger partial charge in [-0.25, -0.2) is 0 Å². The van der Waals surface area contributed by atoms with Crippen molar-refractivity contribution in [1.29, 1.82) is 0 Å². The molecule has 1 aromatic rings. The van der Waals surface area contributed by atoms with Gasteiger partial charge in [0.15, 0.2) is 5.79 Å². The van der Waals surface area contributed by atoms with Crippen molar-refractivity contribution in [2.24, 2.45) is 0 Å². The summed E-state index contributed by atoms with van der Waals surface area (Å²) in [5, 5.41) is 1.38. The van der Waals surface area contributed by atoms with Gasteiger partial charge >= 0.3 is 0 Å². The van der Waals surface area contributed by atoms with Gasteiger partial charge < -0.3 is 9.47 Å². The molecule has 2 heterocycles. The predicted octanol–water partition coefficient (Wildman–Crippen LogP) is 2.33. The van der Waals surface area contributed by atoms with E-state index in [9.17, 15) is 0 Å². The Balaban J connectivity index is 1.78. The van der Waals surface area contributed by atoms with Crippen LogP contribution in [0.5, 0.6) is 0 Å². The molecule has 0 bridgehead atoms. The van der Waals surface area contributed by atoms with Crippen LogP contribution in [0.1, 0.15) is 12.8 Å². The van der Waals surface area contributed by atoms with E-state index in [2.05, 4.69) is 30.3 Å². The molecular weight excluding hydrogens is 251 g/mol. The van der Waals surface area contributed by atoms with Crippen molar-refractivity contribution in [1.82, 2.24) is 0 Å². The Labute approximate surface area is 107 Å². The van der Waals surface area contributed by atoms with Gasteiger partial charge in [0.25, 0.3) is 0 Å². The van der Waals surface area contributed by atoms with Crippen LogP contribution in [0.3, 0.4) is 0 Å². The summed E-state index contributed by atoms with van der Waals surface area (Å²) < 4.78 is 11.5. The van der Waals surface area contributed by atoms with E-state index < -0.39 is 6.04 Å². The summed E-state index contributed by atoms with van der Waals surface area (Å²) in [5.41, 5.74) is 0. The maximum Gasteiger partial charge on any atom is 0.169 e. The quantitative estimate of drug-likeness (QED) is 0.728. The van der Waals surface area contributed by atoms with Gasteiger partial charge in [-0.05, 0) is 23.7 Å². The minimum atomic E-state index is -1.37. The van der Waals surface area contributed by atoms with E-state index >= 15 is 0 Å². The smallest absolute Gasteiger partial charge is 0.169 e. The van der Waals surface area contributed by atoms with E-state index in [0.29, 0.717) is 0 Å². The molecule has 1 aromatic carbocycles. The maximum atomic E-state index is 5.94. The van der Waals surface area contributed by atoms with E-state index in [1.807, 2.05) is 0 Å². The van der Waals surface area contributed by atoms with Crippen LogP contribution in [0, 0.1) is 0 Å². The van der Waals surface area contributed by atoms with Crippen molar-refractivity contribution >= 4 is 23.1 Å². The van der Waals surface area contributed by atoms with Crippen LogP contribution >= 0.6 is 6.04 Å². The third-order valence-electron chi connectivity index (χ3n) is 3.75. The van der Waals surface area contributed by atoms with Gasteiger partial charge in [-0.15, -0.1) is 0 Å². The fourth-order valence-corrected chi connectivity index (χ4v) is 6.45. The molecule has 2 saturated heterocycles. The fourth-order valence-electron chi connectivity index (χ4n) is 2.68. The highest BCUT2D eigenvalue weighted by Gasteiger charge is 2.42. The summed E-state index contributed by atoms with van der Waals surface area (Å²) in [7, 11) is 0. The number of ether oxygens (including phenoxy) is 2. The standard InChI is InChI=1S/C13H17O2PS/c17-16(12-4-2-1-3-5-12)10-6-13(7-11-16)14-8-9-15-13/h1-5H,6-11H2. The highest BCUT2D eigenvalue weighted by molar-refractivity contribution is 8.18. The van der Waals surface area contributed by atoms with E-state index in [0.717, 1.165) is 38.4 Å². The van der Waals surface area contributed by atoms with Gasteiger partial charge in [-0.1, -0.05) is 42.1 Å². The number of hydrogen-bond acceptors (Lipinski definition) is 3. The Hall–Kier alpha value is -0.210. The van der Waals surface area contributed by atoms with E-state index in [1.165, 1.54) is 5.30 Å². The molecule has 0 radical (unpaired) electrons. The highest BCUT2D eigenvalue weighted by Crippen LogP contribution is 2.53. The second-order valence-electron chi connectivity index (χ2n) is 4.78. The lowest BCUT2D eigenvalue weighted by atomic mass is 10.1. The van der Waals surface area contributed by atoms with Crippen LogP contribution < -0.4 is 5.30 Å². The molecule has 4 heteroatoms. The molecule has 2 aliphatic rings. The van der Waals surface area contributed by atoms with Crippen LogP contribution in [-0.4, -0.2) is 31.3 Å². The van der Waals surface area contributed by atoms with Crippen LogP contribution in [-0.2, 0) is 21.3 Å². The number of rotatable bonds is 1. The van der Waals surface area contributed by atoms with Crippen molar-refractivity contribution in [2.75, 3.05) is 25.5 Å². The topological polar surface area (TPSA) is 18.5 Å². The Morgan fingerprint density at radius 1 is 1.00 bits per heavy atom. The van der Waals surface area contributed by atoms with Gasteiger partial charge in [0.2, 0.25) is 0 Å². The first-order valence-corrected chi connectivity index (χ1v) is 9.31. The summed E-state index contributed by atoms with van der Waals surface area (Å²) in [6, 6.07) is 9.25. The molecule has 0 unspecified atom stereocenters. The Bertz CT molecular complexity index is 426. The van der Waals surface area contributed by atoms with E-state index in [1.54, 1.807) is 0 Å². The Kier molecular flexibility index (Phi) is 3.12. The molecule has 17 heavy (non-hydrogen) atoms. The molecule has 2 nitrogen and oxygen atoms in total. The van der Waals surface area contributed by atoms with E-state index in [4.69, 9.17) is 21.3 Å². The number of benzene rings is 1. The molecule has 92 valence electrons. The van der Waals surface area contributed by atoms with Gasteiger partial charge in [-0.2, -0.15) is 0 Å². The average Bonchev–Trinajstić information content (AvgIpc) is 2.84. The van der Waals surface area contributed by atoms with Crippen LogP contribution in [0.2, 0.25) is 0 Å². The van der Waals surface area contributed by atoms with Gasteiger partial charge in [0.05, 0.1) is 13.2 Å². The summed E-state index contributed by atoms with van der Waals surface area (Å²) >= 11 is 5.94. The minimum Gasteiger partial charge on any atom is -0.348 e. The third-order valence-corrected chi connectivity index (χ3v) is 8.61. The van der Waals surface area contributed by atoms with E-state index in [-0.39, 0.29) is 5.79 Å². The molecule has 2 aliphatic heterocycles. The molecule has 3 rings (SSSR count). The third kappa shape index (κ3) is 2.22. The minimum absolute atomic E-state index is 0.281. The second-order valence-corrected chi connectivity index (χ2v) is 10.1. The van der Waals surface area contributed by atoms with Crippen molar-refractivity contribution in [3.8, 4) is 0 Å². The Morgan fingerprint density at radius 3 is 2.18 bits per heavy atom. The highest BCUT2D eigenvalue weighted by atomic mass is 32.4. The van der Waals surface area contributed by atoms with Crippen molar-refractivity contribution in [2.45, 2.75) is 18.6 Å². The fraction of sp³-hybridized carbons (Fsp3) is 0.538. The zero-order valence-corrected chi connectivity index (χ0v) is 11.5. The lowest BCUT2D eigenvalue weighted by Crippen LogP contribution is -2.37. The number of hydrogen-bond donors (Lipinski definition) is 0. The summed E-state index contributed by atoms with van der Waals surface area (Å²) in [6.45, 7) is 1.49. The van der Waals surface area contributed by atoms with Gasteiger partial charge in [-0.3, -0.25) is 0 Å². The summed E-state index contributed by atoms with van der Waals surface area (Å²) in [4.78, 5) is 0. The van der Waals surface area contributed by atoms with Crippen molar-refractivity contribution in [3.05, 3.63) is 30.3 Å². The molecule has 0 amide bonds. The first-order chi connectivity index (χ1) is 8.23. The summed E-state index contributed by atoms with van der Waals surface area (Å²) in [6.07, 6.45) is 4.09. The molecule has 0 atom stereocenters. The maximum absolute atomic E-state index is 5.94. The molecule has 0 aromatic heterocycles. The van der Waals surface area contributed by atoms with Crippen LogP contribution in [0.15, 0.2) is 30.3 Å². The molecule has 0 saturated carbocycles. The molecule has 0 N–H and O–H groups in total. The van der Waals surface area contributed by atoms with Crippen molar-refractivity contribution in [3.63, 3.8) is 0 Å². The SMILES string of the molecule is S=P1(c2ccccc2)CCC2(CC1)OCCO2. The summed E-state index contributed by atoms with van der Waals surface area (Å²) in [5.74, 6) is -0.281. The zero-order valence-electron chi connectivity index (χ0n) is 9.80. The Morgan fingerprint density at radius 2 is 1.59 bits per heavy atom. The molecule has 0 aliphatic carbocycles. The van der Waals surface area contributed by atoms with Crippen molar-refractivity contribution < 1.29 is 9.47 Å². The van der Waals surface area contributed by atoms with Crippen LogP contribution in [0.4, 0.5) is 0 Å². The lowest BCUT2D eigenvalue weighted by Gasteiger charge is -2.37. The molecular formula is C13H17O2PS. The normalized spacial score (nSPS) is 26.1. The average molecular weight is 268 g/mol. The predicted molar refractivity (Wildman–Crippen MR) is 74.0 cm³/mol. The largest absolute Gasteiger partial charge is 0.348 e. The van der Waals surface area contributed by atoms with Crippen LogP contribution in [0.25, 0.3) is 0 Å². The monoisotopic (exact) mass is 268 g/mol. The first-order valence-electron chi connectivity index (χ1n) is 6.14. The lowest BCUT2D eigenvalue weighted by molar-refractivity contribution is -0.161.